The number of primary amides is 1. The van der Waals surface area contributed by atoms with Crippen LogP contribution in [0.15, 0.2) is 30.5 Å². The summed E-state index contributed by atoms with van der Waals surface area (Å²) in [6.07, 6.45) is 1.91. The fraction of sp³-hybridized carbons (Fsp3) is 0.357. The summed E-state index contributed by atoms with van der Waals surface area (Å²) in [5.41, 5.74) is 7.31. The summed E-state index contributed by atoms with van der Waals surface area (Å²) in [4.78, 5) is 11.1. The Bertz CT molecular complexity index is 612. The first-order chi connectivity index (χ1) is 9.36. The number of hydrogen-bond donors (Lipinski definition) is 2. The van der Waals surface area contributed by atoms with Crippen LogP contribution in [0, 0.1) is 0 Å². The largest absolute Gasteiger partial charge is 0.379 e. The van der Waals surface area contributed by atoms with Crippen LogP contribution in [0.3, 0.4) is 0 Å². The lowest BCUT2D eigenvalue weighted by molar-refractivity contribution is 0.100. The van der Waals surface area contributed by atoms with Crippen molar-refractivity contribution in [2.45, 2.75) is 32.9 Å². The molecule has 0 fully saturated rings. The minimum Gasteiger partial charge on any atom is -0.379 e. The number of nitrogens with zero attached hydrogens (tertiary/aromatic N) is 3. The van der Waals surface area contributed by atoms with E-state index >= 15 is 0 Å². The molecule has 20 heavy (non-hydrogen) atoms. The summed E-state index contributed by atoms with van der Waals surface area (Å²) in [5, 5.41) is 11.4. The van der Waals surface area contributed by atoms with Gasteiger partial charge < -0.3 is 11.1 Å². The SMILES string of the molecule is CC(C)(C)n1cc(CNc2cccc(C(N)=O)c2)nn1. The molecule has 0 bridgehead atoms. The highest BCUT2D eigenvalue weighted by atomic mass is 16.1. The van der Waals surface area contributed by atoms with Crippen LogP contribution in [-0.4, -0.2) is 20.9 Å². The van der Waals surface area contributed by atoms with Gasteiger partial charge in [0.05, 0.1) is 18.3 Å². The van der Waals surface area contributed by atoms with Gasteiger partial charge in [0.15, 0.2) is 0 Å². The number of hydrogen-bond acceptors (Lipinski definition) is 4. The summed E-state index contributed by atoms with van der Waals surface area (Å²) < 4.78 is 1.82. The molecule has 0 aliphatic heterocycles. The molecule has 1 amide bonds. The van der Waals surface area contributed by atoms with Gasteiger partial charge in [-0.05, 0) is 39.0 Å². The number of nitrogens with one attached hydrogen (secondary N) is 1. The van der Waals surface area contributed by atoms with Crippen molar-refractivity contribution in [1.29, 1.82) is 0 Å². The minimum atomic E-state index is -0.438. The van der Waals surface area contributed by atoms with Crippen LogP contribution in [0.25, 0.3) is 0 Å². The van der Waals surface area contributed by atoms with E-state index in [2.05, 4.69) is 36.4 Å². The summed E-state index contributed by atoms with van der Waals surface area (Å²) in [7, 11) is 0. The van der Waals surface area contributed by atoms with Crippen LogP contribution in [0.2, 0.25) is 0 Å². The molecular formula is C14H19N5O. The van der Waals surface area contributed by atoms with Gasteiger partial charge in [0.2, 0.25) is 5.91 Å². The second-order valence-corrected chi connectivity index (χ2v) is 5.62. The first-order valence-corrected chi connectivity index (χ1v) is 6.42. The fourth-order valence-electron chi connectivity index (χ4n) is 1.68. The lowest BCUT2D eigenvalue weighted by atomic mass is 10.1. The van der Waals surface area contributed by atoms with Gasteiger partial charge in [-0.25, -0.2) is 4.68 Å². The third kappa shape index (κ3) is 3.34. The highest BCUT2D eigenvalue weighted by Crippen LogP contribution is 2.14. The Hall–Kier alpha value is -2.37. The van der Waals surface area contributed by atoms with Crippen LogP contribution in [0.4, 0.5) is 5.69 Å². The van der Waals surface area contributed by atoms with Gasteiger partial charge in [-0.3, -0.25) is 4.79 Å². The van der Waals surface area contributed by atoms with E-state index in [1.807, 2.05) is 16.9 Å². The van der Waals surface area contributed by atoms with Crippen molar-refractivity contribution in [2.75, 3.05) is 5.32 Å². The predicted molar refractivity (Wildman–Crippen MR) is 77.3 cm³/mol. The second-order valence-electron chi connectivity index (χ2n) is 5.62. The van der Waals surface area contributed by atoms with Crippen molar-refractivity contribution in [3.05, 3.63) is 41.7 Å². The van der Waals surface area contributed by atoms with Gasteiger partial charge in [0.25, 0.3) is 0 Å². The Kier molecular flexibility index (Phi) is 3.74. The molecule has 0 aliphatic rings. The molecule has 3 N–H and O–H groups in total. The standard InChI is InChI=1S/C14H19N5O/c1-14(2,3)19-9-12(17-18-19)8-16-11-6-4-5-10(7-11)13(15)20/h4-7,9,16H,8H2,1-3H3,(H2,15,20). The van der Waals surface area contributed by atoms with Gasteiger partial charge in [0, 0.05) is 11.3 Å². The van der Waals surface area contributed by atoms with Gasteiger partial charge in [-0.1, -0.05) is 11.3 Å². The van der Waals surface area contributed by atoms with Crippen LogP contribution in [0.1, 0.15) is 36.8 Å². The zero-order valence-electron chi connectivity index (χ0n) is 11.9. The van der Waals surface area contributed by atoms with Crippen LogP contribution >= 0.6 is 0 Å². The maximum Gasteiger partial charge on any atom is 0.248 e. The highest BCUT2D eigenvalue weighted by molar-refractivity contribution is 5.93. The Morgan fingerprint density at radius 1 is 1.40 bits per heavy atom. The van der Waals surface area contributed by atoms with Crippen LogP contribution in [-0.2, 0) is 12.1 Å². The van der Waals surface area contributed by atoms with Gasteiger partial charge in [0.1, 0.15) is 5.69 Å². The molecule has 6 nitrogen and oxygen atoms in total. The van der Waals surface area contributed by atoms with Crippen LogP contribution in [0.5, 0.6) is 0 Å². The molecule has 6 heteroatoms. The van der Waals surface area contributed by atoms with Crippen molar-refractivity contribution in [3.8, 4) is 0 Å². The molecule has 0 radical (unpaired) electrons. The summed E-state index contributed by atoms with van der Waals surface area (Å²) >= 11 is 0. The molecule has 0 saturated carbocycles. The second kappa shape index (κ2) is 5.32. The quantitative estimate of drug-likeness (QED) is 0.888. The Morgan fingerprint density at radius 3 is 2.75 bits per heavy atom. The smallest absolute Gasteiger partial charge is 0.248 e. The minimum absolute atomic E-state index is 0.0862. The van der Waals surface area contributed by atoms with E-state index in [4.69, 9.17) is 5.73 Å². The molecule has 2 rings (SSSR count). The number of amides is 1. The molecule has 2 aromatic rings. The zero-order valence-corrected chi connectivity index (χ0v) is 11.9. The molecule has 106 valence electrons. The van der Waals surface area contributed by atoms with E-state index in [1.54, 1.807) is 18.2 Å². The molecular weight excluding hydrogens is 254 g/mol. The zero-order chi connectivity index (χ0) is 14.8. The molecule has 1 aromatic heterocycles. The van der Waals surface area contributed by atoms with E-state index in [1.165, 1.54) is 0 Å². The molecule has 0 atom stereocenters. The Balaban J connectivity index is 2.04. The Labute approximate surface area is 118 Å². The van der Waals surface area contributed by atoms with Crippen molar-refractivity contribution in [2.24, 2.45) is 5.73 Å². The number of anilines is 1. The lowest BCUT2D eigenvalue weighted by Crippen LogP contribution is -2.22. The highest BCUT2D eigenvalue weighted by Gasteiger charge is 2.14. The number of nitrogens with two attached hydrogens (primary N) is 1. The van der Waals surface area contributed by atoms with E-state index in [0.29, 0.717) is 12.1 Å². The number of rotatable bonds is 4. The maximum absolute atomic E-state index is 11.1. The maximum atomic E-state index is 11.1. The molecule has 1 heterocycles. The van der Waals surface area contributed by atoms with Crippen LogP contribution < -0.4 is 11.1 Å². The van der Waals surface area contributed by atoms with E-state index in [9.17, 15) is 4.79 Å². The lowest BCUT2D eigenvalue weighted by Gasteiger charge is -2.17. The average molecular weight is 273 g/mol. The van der Waals surface area contributed by atoms with Crippen molar-refractivity contribution >= 4 is 11.6 Å². The molecule has 0 spiro atoms. The Morgan fingerprint density at radius 2 is 2.15 bits per heavy atom. The van der Waals surface area contributed by atoms with Gasteiger partial charge in [-0.15, -0.1) is 5.10 Å². The van der Waals surface area contributed by atoms with Crippen molar-refractivity contribution < 1.29 is 4.79 Å². The topological polar surface area (TPSA) is 85.8 Å². The monoisotopic (exact) mass is 273 g/mol. The molecule has 1 aromatic carbocycles. The van der Waals surface area contributed by atoms with E-state index in [0.717, 1.165) is 11.4 Å². The first kappa shape index (κ1) is 14.0. The first-order valence-electron chi connectivity index (χ1n) is 6.42. The van der Waals surface area contributed by atoms with E-state index < -0.39 is 5.91 Å². The number of carbonyl (C=O) groups is 1. The average Bonchev–Trinajstić information content (AvgIpc) is 2.85. The number of carbonyl (C=O) groups excluding carboxylic acids is 1. The number of aromatic nitrogens is 3. The third-order valence-electron chi connectivity index (χ3n) is 2.85. The predicted octanol–water partition coefficient (Wildman–Crippen LogP) is 1.74. The molecule has 0 unspecified atom stereocenters. The normalized spacial score (nSPS) is 11.3. The summed E-state index contributed by atoms with van der Waals surface area (Å²) in [6.45, 7) is 6.73. The molecule has 0 aliphatic carbocycles. The van der Waals surface area contributed by atoms with Gasteiger partial charge >= 0.3 is 0 Å². The fourth-order valence-corrected chi connectivity index (χ4v) is 1.68. The van der Waals surface area contributed by atoms with E-state index in [-0.39, 0.29) is 5.54 Å². The summed E-state index contributed by atoms with van der Waals surface area (Å²) in [6, 6.07) is 7.06. The van der Waals surface area contributed by atoms with Gasteiger partial charge in [-0.2, -0.15) is 0 Å². The summed E-state index contributed by atoms with van der Waals surface area (Å²) in [5.74, 6) is -0.438. The van der Waals surface area contributed by atoms with Crippen molar-refractivity contribution in [1.82, 2.24) is 15.0 Å². The third-order valence-corrected chi connectivity index (χ3v) is 2.85. The molecule has 0 saturated heterocycles. The van der Waals surface area contributed by atoms with Crippen molar-refractivity contribution in [3.63, 3.8) is 0 Å². The number of benzene rings is 1.